The number of hydrogen-bond acceptors (Lipinski definition) is 6. The standard InChI is InChI=1S/C10H7N3S3/c1-6-4-15-10(13-6)16-9-8-7(2-3-14-8)11-5-12-9/h2-5H,1H3. The number of rotatable bonds is 2. The predicted octanol–water partition coefficient (Wildman–Crippen LogP) is 3.61. The van der Waals surface area contributed by atoms with E-state index in [1.807, 2.05) is 18.4 Å². The molecule has 3 heterocycles. The van der Waals surface area contributed by atoms with Gasteiger partial charge in [-0.2, -0.15) is 0 Å². The lowest BCUT2D eigenvalue weighted by Crippen LogP contribution is -1.82. The first-order valence-corrected chi connectivity index (χ1v) is 7.19. The first-order chi connectivity index (χ1) is 7.83. The largest absolute Gasteiger partial charge is 0.235 e. The fraction of sp³-hybridized carbons (Fsp3) is 0.100. The van der Waals surface area contributed by atoms with E-state index >= 15 is 0 Å². The third-order valence-corrected chi connectivity index (χ3v) is 5.09. The number of aryl methyl sites for hydroxylation is 1. The van der Waals surface area contributed by atoms with Crippen LogP contribution in [0.5, 0.6) is 0 Å². The lowest BCUT2D eigenvalue weighted by molar-refractivity contribution is 1.10. The SMILES string of the molecule is Cc1csc(Sc2ncnc3ccsc23)n1. The van der Waals surface area contributed by atoms with Crippen LogP contribution in [0, 0.1) is 6.92 Å². The molecule has 6 heteroatoms. The summed E-state index contributed by atoms with van der Waals surface area (Å²) in [6, 6.07) is 2.01. The van der Waals surface area contributed by atoms with Crippen LogP contribution in [0.3, 0.4) is 0 Å². The summed E-state index contributed by atoms with van der Waals surface area (Å²) in [7, 11) is 0. The zero-order valence-corrected chi connectivity index (χ0v) is 10.8. The van der Waals surface area contributed by atoms with E-state index in [0.717, 1.165) is 25.3 Å². The minimum absolute atomic E-state index is 0.995. The molecule has 0 fully saturated rings. The molecule has 0 N–H and O–H groups in total. The molecular formula is C10H7N3S3. The summed E-state index contributed by atoms with van der Waals surface area (Å²) in [5, 5.41) is 5.08. The first-order valence-electron chi connectivity index (χ1n) is 4.61. The van der Waals surface area contributed by atoms with Gasteiger partial charge in [0.05, 0.1) is 10.2 Å². The van der Waals surface area contributed by atoms with Crippen molar-refractivity contribution in [3.8, 4) is 0 Å². The molecule has 3 nitrogen and oxygen atoms in total. The van der Waals surface area contributed by atoms with Gasteiger partial charge < -0.3 is 0 Å². The van der Waals surface area contributed by atoms with E-state index in [9.17, 15) is 0 Å². The molecule has 3 rings (SSSR count). The van der Waals surface area contributed by atoms with Gasteiger partial charge in [-0.1, -0.05) is 0 Å². The average Bonchev–Trinajstić information content (AvgIpc) is 2.87. The molecule has 3 aromatic heterocycles. The summed E-state index contributed by atoms with van der Waals surface area (Å²) in [5.41, 5.74) is 2.07. The average molecular weight is 265 g/mol. The summed E-state index contributed by atoms with van der Waals surface area (Å²) in [4.78, 5) is 13.0. The Morgan fingerprint density at radius 3 is 3.00 bits per heavy atom. The van der Waals surface area contributed by atoms with Crippen molar-refractivity contribution in [3.63, 3.8) is 0 Å². The van der Waals surface area contributed by atoms with E-state index in [0.29, 0.717) is 0 Å². The number of aromatic nitrogens is 3. The van der Waals surface area contributed by atoms with Crippen molar-refractivity contribution >= 4 is 44.7 Å². The Labute approximate surface area is 105 Å². The molecule has 0 radical (unpaired) electrons. The van der Waals surface area contributed by atoms with Crippen molar-refractivity contribution in [1.82, 2.24) is 15.0 Å². The minimum Gasteiger partial charge on any atom is -0.235 e. The van der Waals surface area contributed by atoms with Crippen LogP contribution >= 0.6 is 34.4 Å². The van der Waals surface area contributed by atoms with Crippen molar-refractivity contribution in [2.24, 2.45) is 0 Å². The van der Waals surface area contributed by atoms with Crippen LogP contribution in [0.15, 0.2) is 32.5 Å². The summed E-state index contributed by atoms with van der Waals surface area (Å²) in [6.45, 7) is 2.00. The van der Waals surface area contributed by atoms with Crippen LogP contribution in [-0.4, -0.2) is 15.0 Å². The molecular weight excluding hydrogens is 258 g/mol. The Bertz CT molecular complexity index is 629. The van der Waals surface area contributed by atoms with Gasteiger partial charge in [0.1, 0.15) is 11.4 Å². The van der Waals surface area contributed by atoms with Gasteiger partial charge in [-0.25, -0.2) is 15.0 Å². The van der Waals surface area contributed by atoms with E-state index in [1.165, 1.54) is 0 Å². The van der Waals surface area contributed by atoms with Crippen molar-refractivity contribution in [3.05, 3.63) is 28.8 Å². The van der Waals surface area contributed by atoms with Crippen LogP contribution in [0.1, 0.15) is 5.69 Å². The predicted molar refractivity (Wildman–Crippen MR) is 68.4 cm³/mol. The number of fused-ring (bicyclic) bond motifs is 1. The van der Waals surface area contributed by atoms with Gasteiger partial charge in [-0.3, -0.25) is 0 Å². The highest BCUT2D eigenvalue weighted by Gasteiger charge is 2.08. The Kier molecular flexibility index (Phi) is 2.62. The maximum Gasteiger partial charge on any atom is 0.156 e. The Morgan fingerprint density at radius 2 is 2.19 bits per heavy atom. The van der Waals surface area contributed by atoms with Crippen molar-refractivity contribution < 1.29 is 0 Å². The monoisotopic (exact) mass is 265 g/mol. The molecule has 0 saturated heterocycles. The molecule has 0 aliphatic carbocycles. The highest BCUT2D eigenvalue weighted by molar-refractivity contribution is 8.01. The summed E-state index contributed by atoms with van der Waals surface area (Å²) in [5.74, 6) is 0. The van der Waals surface area contributed by atoms with Crippen molar-refractivity contribution in [1.29, 1.82) is 0 Å². The van der Waals surface area contributed by atoms with Crippen LogP contribution in [-0.2, 0) is 0 Å². The quantitative estimate of drug-likeness (QED) is 0.664. The minimum atomic E-state index is 0.995. The molecule has 0 saturated carbocycles. The van der Waals surface area contributed by atoms with Crippen LogP contribution in [0.25, 0.3) is 10.2 Å². The molecule has 0 amide bonds. The molecule has 0 bridgehead atoms. The van der Waals surface area contributed by atoms with Gasteiger partial charge >= 0.3 is 0 Å². The topological polar surface area (TPSA) is 38.7 Å². The molecule has 0 unspecified atom stereocenters. The number of hydrogen-bond donors (Lipinski definition) is 0. The molecule has 16 heavy (non-hydrogen) atoms. The number of nitrogens with zero attached hydrogens (tertiary/aromatic N) is 3. The van der Waals surface area contributed by atoms with E-state index < -0.39 is 0 Å². The normalized spacial score (nSPS) is 11.1. The summed E-state index contributed by atoms with van der Waals surface area (Å²) >= 11 is 4.93. The van der Waals surface area contributed by atoms with Crippen molar-refractivity contribution in [2.75, 3.05) is 0 Å². The molecule has 3 aromatic rings. The van der Waals surface area contributed by atoms with E-state index in [1.54, 1.807) is 40.8 Å². The fourth-order valence-corrected chi connectivity index (χ4v) is 4.04. The van der Waals surface area contributed by atoms with Crippen LogP contribution in [0.2, 0.25) is 0 Å². The Balaban J connectivity index is 2.03. The molecule has 0 aliphatic heterocycles. The van der Waals surface area contributed by atoms with Crippen LogP contribution < -0.4 is 0 Å². The maximum atomic E-state index is 4.42. The van der Waals surface area contributed by atoms with Gasteiger partial charge in [0, 0.05) is 11.1 Å². The van der Waals surface area contributed by atoms with Crippen LogP contribution in [0.4, 0.5) is 0 Å². The van der Waals surface area contributed by atoms with Gasteiger partial charge in [0.2, 0.25) is 0 Å². The molecule has 0 aromatic carbocycles. The van der Waals surface area contributed by atoms with E-state index in [4.69, 9.17) is 0 Å². The Morgan fingerprint density at radius 1 is 1.25 bits per heavy atom. The fourth-order valence-electron chi connectivity index (χ4n) is 1.30. The first kappa shape index (κ1) is 10.2. The van der Waals surface area contributed by atoms with Gasteiger partial charge in [0.25, 0.3) is 0 Å². The zero-order chi connectivity index (χ0) is 11.0. The van der Waals surface area contributed by atoms with E-state index in [2.05, 4.69) is 20.3 Å². The highest BCUT2D eigenvalue weighted by atomic mass is 32.2. The Hall–Kier alpha value is -0.980. The molecule has 0 atom stereocenters. The zero-order valence-electron chi connectivity index (χ0n) is 8.38. The second kappa shape index (κ2) is 4.12. The lowest BCUT2D eigenvalue weighted by Gasteiger charge is -1.97. The summed E-state index contributed by atoms with van der Waals surface area (Å²) in [6.07, 6.45) is 1.61. The molecule has 0 spiro atoms. The summed E-state index contributed by atoms with van der Waals surface area (Å²) < 4.78 is 2.17. The third kappa shape index (κ3) is 1.83. The van der Waals surface area contributed by atoms with Gasteiger partial charge in [-0.05, 0) is 30.1 Å². The second-order valence-electron chi connectivity index (χ2n) is 3.17. The maximum absolute atomic E-state index is 4.42. The van der Waals surface area contributed by atoms with E-state index in [-0.39, 0.29) is 0 Å². The van der Waals surface area contributed by atoms with Crippen molar-refractivity contribution in [2.45, 2.75) is 16.3 Å². The second-order valence-corrected chi connectivity index (χ2v) is 6.18. The third-order valence-electron chi connectivity index (χ3n) is 1.99. The van der Waals surface area contributed by atoms with Gasteiger partial charge in [-0.15, -0.1) is 22.7 Å². The molecule has 80 valence electrons. The lowest BCUT2D eigenvalue weighted by atomic mass is 10.5. The highest BCUT2D eigenvalue weighted by Crippen LogP contribution is 2.34. The number of thiophene rings is 1. The van der Waals surface area contributed by atoms with Gasteiger partial charge in [0.15, 0.2) is 4.34 Å². The smallest absolute Gasteiger partial charge is 0.156 e. The molecule has 0 aliphatic rings. The number of thiazole rings is 1.